The molecule has 5 heteroatoms. The molecule has 3 nitrogen and oxygen atoms in total. The number of nitrogens with zero attached hydrogens (tertiary/aromatic N) is 1. The third-order valence-electron chi connectivity index (χ3n) is 5.71. The molecule has 0 radical (unpaired) electrons. The van der Waals surface area contributed by atoms with Crippen LogP contribution in [0.3, 0.4) is 0 Å². The van der Waals surface area contributed by atoms with Crippen LogP contribution in [0.2, 0.25) is 10.0 Å². The second-order valence-electron chi connectivity index (χ2n) is 7.75. The number of morpholine rings is 1. The lowest BCUT2D eigenvalue weighted by molar-refractivity contribution is -0.149. The molecule has 0 aliphatic carbocycles. The molecule has 0 saturated carbocycles. The third-order valence-corrected chi connectivity index (χ3v) is 6.42. The Morgan fingerprint density at radius 1 is 0.900 bits per heavy atom. The maximum atomic E-state index is 12.0. The van der Waals surface area contributed by atoms with Crippen molar-refractivity contribution < 1.29 is 9.84 Å². The summed E-state index contributed by atoms with van der Waals surface area (Å²) in [6, 6.07) is 25.5. The van der Waals surface area contributed by atoms with Crippen LogP contribution in [-0.2, 0) is 23.3 Å². The van der Waals surface area contributed by atoms with Crippen LogP contribution in [0.4, 0.5) is 0 Å². The average molecular weight is 442 g/mol. The largest absolute Gasteiger partial charge is 0.382 e. The molecule has 1 aliphatic heterocycles. The van der Waals surface area contributed by atoms with Crippen molar-refractivity contribution in [2.75, 3.05) is 19.7 Å². The van der Waals surface area contributed by atoms with Crippen LogP contribution < -0.4 is 0 Å². The predicted octanol–water partition coefficient (Wildman–Crippen LogP) is 5.32. The summed E-state index contributed by atoms with van der Waals surface area (Å²) in [5.41, 5.74) is 1.52. The lowest BCUT2D eigenvalue weighted by atomic mass is 9.81. The fraction of sp³-hybridized carbons (Fsp3) is 0.280. The number of halogens is 2. The Bertz CT molecular complexity index is 947. The second-order valence-corrected chi connectivity index (χ2v) is 8.56. The first-order valence-corrected chi connectivity index (χ1v) is 10.9. The van der Waals surface area contributed by atoms with E-state index in [2.05, 4.69) is 17.0 Å². The molecular formula is C25H25Cl2NO2. The maximum Gasteiger partial charge on any atom is 0.121 e. The van der Waals surface area contributed by atoms with Gasteiger partial charge in [-0.25, -0.2) is 0 Å². The summed E-state index contributed by atoms with van der Waals surface area (Å²) in [5.74, 6) is 0. The lowest BCUT2D eigenvalue weighted by Crippen LogP contribution is -2.53. The van der Waals surface area contributed by atoms with Gasteiger partial charge in [0.2, 0.25) is 0 Å². The topological polar surface area (TPSA) is 32.7 Å². The molecule has 2 atom stereocenters. The van der Waals surface area contributed by atoms with E-state index in [9.17, 15) is 5.11 Å². The minimum atomic E-state index is -1.26. The summed E-state index contributed by atoms with van der Waals surface area (Å²) in [5, 5.41) is 13.1. The van der Waals surface area contributed by atoms with Gasteiger partial charge in [-0.3, -0.25) is 4.90 Å². The number of rotatable bonds is 6. The molecule has 30 heavy (non-hydrogen) atoms. The predicted molar refractivity (Wildman–Crippen MR) is 122 cm³/mol. The van der Waals surface area contributed by atoms with Crippen molar-refractivity contribution in [2.24, 2.45) is 0 Å². The Balaban J connectivity index is 1.64. The quantitative estimate of drug-likeness (QED) is 0.561. The molecule has 1 heterocycles. The van der Waals surface area contributed by atoms with Crippen molar-refractivity contribution in [1.82, 2.24) is 4.90 Å². The summed E-state index contributed by atoms with van der Waals surface area (Å²) < 4.78 is 6.14. The van der Waals surface area contributed by atoms with Crippen LogP contribution >= 0.6 is 23.2 Å². The highest BCUT2D eigenvalue weighted by atomic mass is 35.5. The highest BCUT2D eigenvalue weighted by Crippen LogP contribution is 2.37. The molecule has 1 unspecified atom stereocenters. The molecule has 3 aromatic rings. The van der Waals surface area contributed by atoms with E-state index in [4.69, 9.17) is 27.9 Å². The smallest absolute Gasteiger partial charge is 0.121 e. The van der Waals surface area contributed by atoms with Crippen molar-refractivity contribution >= 4 is 23.2 Å². The van der Waals surface area contributed by atoms with Gasteiger partial charge in [-0.15, -0.1) is 0 Å². The Kier molecular flexibility index (Phi) is 6.77. The molecule has 0 spiro atoms. The molecule has 1 saturated heterocycles. The second kappa shape index (κ2) is 9.51. The molecule has 1 aliphatic rings. The summed E-state index contributed by atoms with van der Waals surface area (Å²) in [7, 11) is 0. The van der Waals surface area contributed by atoms with Crippen LogP contribution in [0, 0.1) is 0 Å². The normalized spacial score (nSPS) is 19.4. The zero-order valence-corrected chi connectivity index (χ0v) is 18.2. The van der Waals surface area contributed by atoms with Gasteiger partial charge in [0.05, 0.1) is 6.61 Å². The number of aliphatic hydroxyl groups is 1. The first kappa shape index (κ1) is 21.4. The monoisotopic (exact) mass is 441 g/mol. The van der Waals surface area contributed by atoms with Crippen molar-refractivity contribution in [3.05, 3.63) is 106 Å². The number of hydrogen-bond donors (Lipinski definition) is 1. The van der Waals surface area contributed by atoms with Gasteiger partial charge in [0, 0.05) is 36.1 Å². The minimum absolute atomic E-state index is 0.277. The van der Waals surface area contributed by atoms with Crippen LogP contribution in [0.1, 0.15) is 16.7 Å². The van der Waals surface area contributed by atoms with Gasteiger partial charge in [-0.1, -0.05) is 89.9 Å². The molecule has 0 aromatic heterocycles. The summed E-state index contributed by atoms with van der Waals surface area (Å²) in [6.07, 6.45) is -0.135. The molecule has 3 aromatic carbocycles. The fourth-order valence-corrected chi connectivity index (χ4v) is 4.61. The summed E-state index contributed by atoms with van der Waals surface area (Å²) in [6.45, 7) is 2.81. The highest BCUT2D eigenvalue weighted by molar-refractivity contribution is 6.36. The molecular weight excluding hydrogens is 417 g/mol. The Morgan fingerprint density at radius 3 is 2.20 bits per heavy atom. The minimum Gasteiger partial charge on any atom is -0.382 e. The van der Waals surface area contributed by atoms with Crippen molar-refractivity contribution in [2.45, 2.75) is 24.7 Å². The summed E-state index contributed by atoms with van der Waals surface area (Å²) in [4.78, 5) is 2.33. The molecule has 1 fully saturated rings. The first-order chi connectivity index (χ1) is 14.6. The standard InChI is InChI=1S/C25H25Cl2NO2/c26-22-12-7-13-23(27)21(22)16-25(29,20-10-5-2-6-11-20)24-18-28(14-15-30-24)17-19-8-3-1-4-9-19/h1-13,24,29H,14-18H2/t24-,25?/m0/s1. The van der Waals surface area contributed by atoms with E-state index in [1.54, 1.807) is 12.1 Å². The van der Waals surface area contributed by atoms with Gasteiger partial charge < -0.3 is 9.84 Å². The van der Waals surface area contributed by atoms with E-state index < -0.39 is 11.7 Å². The lowest BCUT2D eigenvalue weighted by Gasteiger charge is -2.42. The zero-order valence-electron chi connectivity index (χ0n) is 16.7. The Morgan fingerprint density at radius 2 is 1.53 bits per heavy atom. The van der Waals surface area contributed by atoms with E-state index in [1.807, 2.05) is 54.6 Å². The van der Waals surface area contributed by atoms with Crippen LogP contribution in [-0.4, -0.2) is 35.8 Å². The molecule has 156 valence electrons. The van der Waals surface area contributed by atoms with Crippen LogP contribution in [0.15, 0.2) is 78.9 Å². The first-order valence-electron chi connectivity index (χ1n) is 10.1. The van der Waals surface area contributed by atoms with Crippen LogP contribution in [0.25, 0.3) is 0 Å². The highest BCUT2D eigenvalue weighted by Gasteiger charge is 2.42. The number of ether oxygens (including phenoxy) is 1. The fourth-order valence-electron chi connectivity index (χ4n) is 4.08. The van der Waals surface area contributed by atoms with Crippen LogP contribution in [0.5, 0.6) is 0 Å². The third kappa shape index (κ3) is 4.72. The summed E-state index contributed by atoms with van der Waals surface area (Å²) >= 11 is 12.9. The average Bonchev–Trinajstić information content (AvgIpc) is 2.78. The molecule has 0 amide bonds. The Hall–Kier alpha value is -1.88. The number of hydrogen-bond acceptors (Lipinski definition) is 3. The van der Waals surface area contributed by atoms with Gasteiger partial charge >= 0.3 is 0 Å². The van der Waals surface area contributed by atoms with Crippen molar-refractivity contribution in [3.8, 4) is 0 Å². The van der Waals surface area contributed by atoms with E-state index in [0.717, 1.165) is 24.2 Å². The van der Waals surface area contributed by atoms with Crippen molar-refractivity contribution in [1.29, 1.82) is 0 Å². The van der Waals surface area contributed by atoms with E-state index >= 15 is 0 Å². The van der Waals surface area contributed by atoms with E-state index in [0.29, 0.717) is 23.2 Å². The zero-order chi connectivity index (χ0) is 21.0. The van der Waals surface area contributed by atoms with Crippen molar-refractivity contribution in [3.63, 3.8) is 0 Å². The van der Waals surface area contributed by atoms with Gasteiger partial charge in [0.1, 0.15) is 11.7 Å². The maximum absolute atomic E-state index is 12.0. The molecule has 0 bridgehead atoms. The molecule has 4 rings (SSSR count). The SMILES string of the molecule is OC(Cc1c(Cl)cccc1Cl)(c1ccccc1)[C@@H]1CN(Cc2ccccc2)CCO1. The van der Waals surface area contributed by atoms with Gasteiger partial charge in [0.15, 0.2) is 0 Å². The number of benzene rings is 3. The van der Waals surface area contributed by atoms with Gasteiger partial charge in [-0.2, -0.15) is 0 Å². The molecule has 1 N–H and O–H groups in total. The van der Waals surface area contributed by atoms with Gasteiger partial charge in [-0.05, 0) is 28.8 Å². The van der Waals surface area contributed by atoms with E-state index in [1.165, 1.54) is 5.56 Å². The van der Waals surface area contributed by atoms with E-state index in [-0.39, 0.29) is 6.42 Å². The van der Waals surface area contributed by atoms with Gasteiger partial charge in [0.25, 0.3) is 0 Å². The Labute approximate surface area is 187 Å².